The Kier molecular flexibility index (Phi) is 4.32. The third kappa shape index (κ3) is 3.07. The lowest BCUT2D eigenvalue weighted by molar-refractivity contribution is 0.0951. The zero-order chi connectivity index (χ0) is 15.4. The summed E-state index contributed by atoms with van der Waals surface area (Å²) in [5, 5.41) is 6.73. The molecule has 0 radical (unpaired) electrons. The van der Waals surface area contributed by atoms with Gasteiger partial charge in [0.15, 0.2) is 11.5 Å². The van der Waals surface area contributed by atoms with Crippen LogP contribution in [0.15, 0.2) is 24.4 Å². The quantitative estimate of drug-likeness (QED) is 0.855. The molecule has 0 spiro atoms. The number of nitrogens with zero attached hydrogens (tertiary/aromatic N) is 2. The highest BCUT2D eigenvalue weighted by Gasteiger charge is 2.13. The van der Waals surface area contributed by atoms with Gasteiger partial charge < -0.3 is 20.5 Å². The smallest absolute Gasteiger partial charge is 0.256 e. The Balaban J connectivity index is 2.06. The number of anilines is 1. The van der Waals surface area contributed by atoms with Crippen molar-refractivity contribution in [3.63, 3.8) is 0 Å². The number of rotatable bonds is 5. The van der Waals surface area contributed by atoms with Gasteiger partial charge in [0, 0.05) is 13.6 Å². The number of benzene rings is 1. The summed E-state index contributed by atoms with van der Waals surface area (Å²) in [5.74, 6) is 1.32. The normalized spacial score (nSPS) is 10.2. The molecule has 1 amide bonds. The average Bonchev–Trinajstić information content (AvgIpc) is 2.84. The Labute approximate surface area is 122 Å². The van der Waals surface area contributed by atoms with Crippen LogP contribution in [0.2, 0.25) is 0 Å². The lowest BCUT2D eigenvalue weighted by atomic mass is 10.2. The highest BCUT2D eigenvalue weighted by Crippen LogP contribution is 2.27. The number of nitrogens with one attached hydrogen (secondary N) is 1. The summed E-state index contributed by atoms with van der Waals surface area (Å²) in [6.07, 6.45) is 1.44. The van der Waals surface area contributed by atoms with E-state index in [1.165, 1.54) is 10.9 Å². The van der Waals surface area contributed by atoms with Crippen LogP contribution in [0.5, 0.6) is 11.5 Å². The number of ether oxygens (including phenoxy) is 2. The lowest BCUT2D eigenvalue weighted by Gasteiger charge is -2.10. The van der Waals surface area contributed by atoms with Gasteiger partial charge in [-0.3, -0.25) is 9.48 Å². The van der Waals surface area contributed by atoms with E-state index >= 15 is 0 Å². The van der Waals surface area contributed by atoms with Gasteiger partial charge in [-0.1, -0.05) is 6.07 Å². The fraction of sp³-hybridized carbons (Fsp3) is 0.286. The van der Waals surface area contributed by atoms with Crippen molar-refractivity contribution in [3.05, 3.63) is 35.5 Å². The zero-order valence-electron chi connectivity index (χ0n) is 12.2. The molecule has 0 saturated heterocycles. The van der Waals surface area contributed by atoms with E-state index in [1.807, 2.05) is 12.1 Å². The van der Waals surface area contributed by atoms with E-state index in [-0.39, 0.29) is 5.91 Å². The van der Waals surface area contributed by atoms with Crippen molar-refractivity contribution < 1.29 is 14.3 Å². The first-order chi connectivity index (χ1) is 10.1. The SMILES string of the molecule is COc1ccc(CNC(=O)c2cnn(C)c2N)cc1OC. The number of hydrogen-bond acceptors (Lipinski definition) is 5. The molecule has 7 heteroatoms. The van der Waals surface area contributed by atoms with Crippen molar-refractivity contribution in [1.29, 1.82) is 0 Å². The van der Waals surface area contributed by atoms with Gasteiger partial charge in [0.25, 0.3) is 5.91 Å². The Bertz CT molecular complexity index is 652. The molecule has 0 unspecified atom stereocenters. The molecule has 1 heterocycles. The summed E-state index contributed by atoms with van der Waals surface area (Å²) >= 11 is 0. The first-order valence-electron chi connectivity index (χ1n) is 6.33. The lowest BCUT2D eigenvalue weighted by Crippen LogP contribution is -2.23. The number of amides is 1. The number of hydrogen-bond donors (Lipinski definition) is 2. The monoisotopic (exact) mass is 290 g/mol. The number of aromatic nitrogens is 2. The van der Waals surface area contributed by atoms with Crippen LogP contribution in [0.3, 0.4) is 0 Å². The number of nitrogen functional groups attached to an aromatic ring is 1. The molecule has 0 atom stereocenters. The second-order valence-electron chi connectivity index (χ2n) is 4.44. The number of carbonyl (C=O) groups excluding carboxylic acids is 1. The predicted octanol–water partition coefficient (Wildman–Crippen LogP) is 0.949. The minimum Gasteiger partial charge on any atom is -0.493 e. The Hall–Kier alpha value is -2.70. The summed E-state index contributed by atoms with van der Waals surface area (Å²) in [4.78, 5) is 12.0. The molecule has 112 valence electrons. The minimum atomic E-state index is -0.268. The highest BCUT2D eigenvalue weighted by molar-refractivity contribution is 5.98. The molecule has 0 fully saturated rings. The maximum absolute atomic E-state index is 12.0. The molecule has 2 aromatic rings. The van der Waals surface area contributed by atoms with Crippen LogP contribution >= 0.6 is 0 Å². The molecule has 0 aliphatic carbocycles. The van der Waals surface area contributed by atoms with Crippen molar-refractivity contribution in [3.8, 4) is 11.5 Å². The summed E-state index contributed by atoms with van der Waals surface area (Å²) < 4.78 is 11.8. The Morgan fingerprint density at radius 2 is 2.05 bits per heavy atom. The molecule has 3 N–H and O–H groups in total. The summed E-state index contributed by atoms with van der Waals surface area (Å²) in [6.45, 7) is 0.355. The van der Waals surface area contributed by atoms with Crippen LogP contribution in [0, 0.1) is 0 Å². The van der Waals surface area contributed by atoms with Crippen LogP contribution in [-0.2, 0) is 13.6 Å². The van der Waals surface area contributed by atoms with Gasteiger partial charge in [-0.05, 0) is 17.7 Å². The van der Waals surface area contributed by atoms with E-state index in [0.717, 1.165) is 5.56 Å². The van der Waals surface area contributed by atoms with Gasteiger partial charge in [0.1, 0.15) is 11.4 Å². The van der Waals surface area contributed by atoms with Crippen molar-refractivity contribution in [1.82, 2.24) is 15.1 Å². The van der Waals surface area contributed by atoms with Gasteiger partial charge in [-0.15, -0.1) is 0 Å². The van der Waals surface area contributed by atoms with E-state index in [1.54, 1.807) is 27.3 Å². The molecule has 1 aromatic heterocycles. The zero-order valence-corrected chi connectivity index (χ0v) is 12.2. The van der Waals surface area contributed by atoms with Crippen molar-refractivity contribution in [2.24, 2.45) is 7.05 Å². The Morgan fingerprint density at radius 1 is 1.33 bits per heavy atom. The van der Waals surface area contributed by atoms with Crippen molar-refractivity contribution in [2.45, 2.75) is 6.54 Å². The molecular formula is C14H18N4O3. The highest BCUT2D eigenvalue weighted by atomic mass is 16.5. The first-order valence-corrected chi connectivity index (χ1v) is 6.33. The van der Waals surface area contributed by atoms with E-state index in [4.69, 9.17) is 15.2 Å². The molecule has 21 heavy (non-hydrogen) atoms. The molecule has 1 aromatic carbocycles. The summed E-state index contributed by atoms with van der Waals surface area (Å²) in [6, 6.07) is 5.46. The molecule has 7 nitrogen and oxygen atoms in total. The molecular weight excluding hydrogens is 272 g/mol. The number of aryl methyl sites for hydroxylation is 1. The van der Waals surface area contributed by atoms with Gasteiger partial charge in [-0.2, -0.15) is 5.10 Å². The minimum absolute atomic E-state index is 0.268. The summed E-state index contributed by atoms with van der Waals surface area (Å²) in [7, 11) is 4.82. The third-order valence-electron chi connectivity index (χ3n) is 3.13. The second-order valence-corrected chi connectivity index (χ2v) is 4.44. The number of nitrogens with two attached hydrogens (primary N) is 1. The number of carbonyl (C=O) groups is 1. The standard InChI is InChI=1S/C14H18N4O3/c1-18-13(15)10(8-17-18)14(19)16-7-9-4-5-11(20-2)12(6-9)21-3/h4-6,8H,7,15H2,1-3H3,(H,16,19). The predicted molar refractivity (Wildman–Crippen MR) is 78.3 cm³/mol. The van der Waals surface area contributed by atoms with Gasteiger partial charge in [-0.25, -0.2) is 0 Å². The molecule has 0 aliphatic rings. The first kappa shape index (κ1) is 14.7. The fourth-order valence-electron chi connectivity index (χ4n) is 1.89. The van der Waals surface area contributed by atoms with E-state index in [2.05, 4.69) is 10.4 Å². The van der Waals surface area contributed by atoms with Gasteiger partial charge in [0.2, 0.25) is 0 Å². The topological polar surface area (TPSA) is 91.4 Å². The van der Waals surface area contributed by atoms with E-state index < -0.39 is 0 Å². The van der Waals surface area contributed by atoms with Crippen LogP contribution in [0.25, 0.3) is 0 Å². The van der Waals surface area contributed by atoms with Crippen molar-refractivity contribution in [2.75, 3.05) is 20.0 Å². The molecule has 0 saturated carbocycles. The van der Waals surface area contributed by atoms with E-state index in [0.29, 0.717) is 29.4 Å². The second kappa shape index (κ2) is 6.17. The van der Waals surface area contributed by atoms with Crippen LogP contribution in [0.4, 0.5) is 5.82 Å². The van der Waals surface area contributed by atoms with E-state index in [9.17, 15) is 4.79 Å². The third-order valence-corrected chi connectivity index (χ3v) is 3.13. The van der Waals surface area contributed by atoms with Crippen LogP contribution in [-0.4, -0.2) is 29.9 Å². The molecule has 0 aliphatic heterocycles. The largest absolute Gasteiger partial charge is 0.493 e. The van der Waals surface area contributed by atoms with Crippen LogP contribution in [0.1, 0.15) is 15.9 Å². The van der Waals surface area contributed by atoms with Gasteiger partial charge >= 0.3 is 0 Å². The average molecular weight is 290 g/mol. The Morgan fingerprint density at radius 3 is 2.62 bits per heavy atom. The van der Waals surface area contributed by atoms with Crippen molar-refractivity contribution >= 4 is 11.7 Å². The summed E-state index contributed by atoms with van der Waals surface area (Å²) in [5.41, 5.74) is 7.01. The molecule has 2 rings (SSSR count). The number of methoxy groups -OCH3 is 2. The fourth-order valence-corrected chi connectivity index (χ4v) is 1.89. The maximum atomic E-state index is 12.0. The van der Waals surface area contributed by atoms with Crippen LogP contribution < -0.4 is 20.5 Å². The van der Waals surface area contributed by atoms with Gasteiger partial charge in [0.05, 0.1) is 20.4 Å². The maximum Gasteiger partial charge on any atom is 0.256 e. The molecule has 0 bridgehead atoms.